The molecule has 1 aliphatic rings. The van der Waals surface area contributed by atoms with Crippen LogP contribution in [0.15, 0.2) is 54.6 Å². The molecule has 0 aromatic heterocycles. The number of benzene rings is 2. The maximum atomic E-state index is 14.6. The van der Waals surface area contributed by atoms with Gasteiger partial charge in [-0.1, -0.05) is 42.0 Å². The Morgan fingerprint density at radius 1 is 1.12 bits per heavy atom. The van der Waals surface area contributed by atoms with Crippen LogP contribution in [0.25, 0.3) is 0 Å². The van der Waals surface area contributed by atoms with Crippen LogP contribution in [0.2, 0.25) is 5.02 Å². The summed E-state index contributed by atoms with van der Waals surface area (Å²) in [5.74, 6) is 0.492. The smallest absolute Gasteiger partial charge is 0.130 e. The highest BCUT2D eigenvalue weighted by molar-refractivity contribution is 6.30. The Morgan fingerprint density at radius 3 is 2.40 bits per heavy atom. The molecule has 0 saturated heterocycles. The quantitative estimate of drug-likeness (QED) is 0.606. The van der Waals surface area contributed by atoms with Crippen LogP contribution < -0.4 is 4.74 Å². The van der Waals surface area contributed by atoms with Crippen LogP contribution in [0.4, 0.5) is 4.39 Å². The Labute approximate surface area is 153 Å². The van der Waals surface area contributed by atoms with Crippen molar-refractivity contribution in [1.29, 1.82) is 0 Å². The molecule has 4 heteroatoms. The summed E-state index contributed by atoms with van der Waals surface area (Å²) in [6.45, 7) is 4.48. The molecule has 3 rings (SSSR count). The zero-order valence-corrected chi connectivity index (χ0v) is 15.1. The van der Waals surface area contributed by atoms with Gasteiger partial charge in [0.25, 0.3) is 0 Å². The lowest BCUT2D eigenvalue weighted by atomic mass is 9.77. The molecule has 0 amide bonds. The van der Waals surface area contributed by atoms with E-state index >= 15 is 0 Å². The van der Waals surface area contributed by atoms with Crippen molar-refractivity contribution in [2.75, 3.05) is 7.11 Å². The van der Waals surface area contributed by atoms with Gasteiger partial charge in [-0.15, -0.1) is 0 Å². The van der Waals surface area contributed by atoms with E-state index in [4.69, 9.17) is 21.1 Å². The summed E-state index contributed by atoms with van der Waals surface area (Å²) in [6.07, 6.45) is 3.12. The van der Waals surface area contributed by atoms with Crippen LogP contribution in [-0.4, -0.2) is 7.11 Å². The lowest BCUT2D eigenvalue weighted by Crippen LogP contribution is -2.33. The third-order valence-corrected chi connectivity index (χ3v) is 5.10. The second kappa shape index (κ2) is 7.59. The zero-order valence-electron chi connectivity index (χ0n) is 14.4. The largest absolute Gasteiger partial charge is 0.497 e. The predicted molar refractivity (Wildman–Crippen MR) is 98.5 cm³/mol. The molecule has 0 spiro atoms. The number of methoxy groups -OCH3 is 1. The molecular formula is C21H22ClFO2. The maximum Gasteiger partial charge on any atom is 0.130 e. The van der Waals surface area contributed by atoms with E-state index in [1.807, 2.05) is 24.3 Å². The summed E-state index contributed by atoms with van der Waals surface area (Å²) in [4.78, 5) is 0. The van der Waals surface area contributed by atoms with Crippen molar-refractivity contribution in [3.8, 4) is 5.75 Å². The SMILES string of the molecule is C=C1CCC(OCc2ccc(OC)cc2)(c2ccc(Cl)cc2F)CC1. The number of ether oxygens (including phenoxy) is 2. The Morgan fingerprint density at radius 2 is 1.80 bits per heavy atom. The second-order valence-corrected chi connectivity index (χ2v) is 6.94. The fourth-order valence-electron chi connectivity index (χ4n) is 3.30. The number of allylic oxidation sites excluding steroid dienone is 1. The van der Waals surface area contributed by atoms with Crippen molar-refractivity contribution in [3.63, 3.8) is 0 Å². The van der Waals surface area contributed by atoms with Crippen LogP contribution in [0.1, 0.15) is 36.8 Å². The van der Waals surface area contributed by atoms with E-state index in [0.29, 0.717) is 17.2 Å². The Hall–Kier alpha value is -1.84. The molecule has 25 heavy (non-hydrogen) atoms. The highest BCUT2D eigenvalue weighted by atomic mass is 35.5. The third-order valence-electron chi connectivity index (χ3n) is 4.86. The maximum absolute atomic E-state index is 14.6. The van der Waals surface area contributed by atoms with Gasteiger partial charge in [-0.05, 0) is 55.5 Å². The van der Waals surface area contributed by atoms with Gasteiger partial charge in [0.2, 0.25) is 0 Å². The van der Waals surface area contributed by atoms with E-state index in [0.717, 1.165) is 37.0 Å². The Bertz CT molecular complexity index is 745. The molecule has 0 unspecified atom stereocenters. The molecule has 1 aliphatic carbocycles. The highest BCUT2D eigenvalue weighted by Crippen LogP contribution is 2.44. The molecule has 0 bridgehead atoms. The third kappa shape index (κ3) is 4.05. The first kappa shape index (κ1) is 18.0. The first-order chi connectivity index (χ1) is 12.0. The fourth-order valence-corrected chi connectivity index (χ4v) is 3.46. The van der Waals surface area contributed by atoms with Crippen LogP contribution in [-0.2, 0) is 16.9 Å². The van der Waals surface area contributed by atoms with E-state index < -0.39 is 5.60 Å². The molecule has 0 N–H and O–H groups in total. The van der Waals surface area contributed by atoms with Crippen LogP contribution in [0, 0.1) is 5.82 Å². The normalized spacial score (nSPS) is 16.7. The second-order valence-electron chi connectivity index (χ2n) is 6.51. The minimum atomic E-state index is -0.643. The molecule has 0 aliphatic heterocycles. The molecule has 2 nitrogen and oxygen atoms in total. The molecule has 1 saturated carbocycles. The monoisotopic (exact) mass is 360 g/mol. The first-order valence-corrected chi connectivity index (χ1v) is 8.79. The molecule has 0 atom stereocenters. The molecule has 1 fully saturated rings. The highest BCUT2D eigenvalue weighted by Gasteiger charge is 2.38. The Kier molecular flexibility index (Phi) is 5.45. The summed E-state index contributed by atoms with van der Waals surface area (Å²) < 4.78 is 26.1. The van der Waals surface area contributed by atoms with Gasteiger partial charge in [-0.3, -0.25) is 0 Å². The van der Waals surface area contributed by atoms with E-state index in [2.05, 4.69) is 6.58 Å². The predicted octanol–water partition coefficient (Wildman–Crippen LogP) is 6.03. The van der Waals surface area contributed by atoms with Crippen LogP contribution in [0.5, 0.6) is 5.75 Å². The minimum absolute atomic E-state index is 0.310. The minimum Gasteiger partial charge on any atom is -0.497 e. The number of halogens is 2. The molecular weight excluding hydrogens is 339 g/mol. The lowest BCUT2D eigenvalue weighted by molar-refractivity contribution is -0.0824. The van der Waals surface area contributed by atoms with E-state index in [9.17, 15) is 4.39 Å². The van der Waals surface area contributed by atoms with Gasteiger partial charge in [0.05, 0.1) is 19.3 Å². The summed E-state index contributed by atoms with van der Waals surface area (Å²) in [6, 6.07) is 12.6. The van der Waals surface area contributed by atoms with E-state index in [1.165, 1.54) is 11.6 Å². The number of rotatable bonds is 5. The fraction of sp³-hybridized carbons (Fsp3) is 0.333. The standard InChI is InChI=1S/C21H22ClFO2/c1-15-9-11-21(12-10-15,19-8-5-17(22)13-20(19)23)25-14-16-3-6-18(24-2)7-4-16/h3-8,13H,1,9-12,14H2,2H3. The zero-order chi connectivity index (χ0) is 17.9. The van der Waals surface area contributed by atoms with E-state index in [1.54, 1.807) is 19.2 Å². The molecule has 2 aromatic rings. The molecule has 0 heterocycles. The van der Waals surface area contributed by atoms with Gasteiger partial charge in [0.1, 0.15) is 11.6 Å². The summed E-state index contributed by atoms with van der Waals surface area (Å²) in [5, 5.41) is 0.395. The molecule has 0 radical (unpaired) electrons. The van der Waals surface area contributed by atoms with Crippen LogP contribution in [0.3, 0.4) is 0 Å². The van der Waals surface area contributed by atoms with Gasteiger partial charge < -0.3 is 9.47 Å². The van der Waals surface area contributed by atoms with Gasteiger partial charge >= 0.3 is 0 Å². The van der Waals surface area contributed by atoms with Gasteiger partial charge in [0, 0.05) is 10.6 Å². The Balaban J connectivity index is 1.85. The van der Waals surface area contributed by atoms with Crippen molar-refractivity contribution in [3.05, 3.63) is 76.6 Å². The summed E-state index contributed by atoms with van der Waals surface area (Å²) in [5.41, 5.74) is 2.16. The van der Waals surface area contributed by atoms with Gasteiger partial charge in [-0.25, -0.2) is 4.39 Å². The topological polar surface area (TPSA) is 18.5 Å². The molecule has 132 valence electrons. The average Bonchev–Trinajstić information content (AvgIpc) is 2.62. The lowest BCUT2D eigenvalue weighted by Gasteiger charge is -2.38. The average molecular weight is 361 g/mol. The first-order valence-electron chi connectivity index (χ1n) is 8.41. The van der Waals surface area contributed by atoms with Crippen molar-refractivity contribution >= 4 is 11.6 Å². The number of hydrogen-bond acceptors (Lipinski definition) is 2. The van der Waals surface area contributed by atoms with E-state index in [-0.39, 0.29) is 5.82 Å². The van der Waals surface area contributed by atoms with Crippen molar-refractivity contribution in [2.45, 2.75) is 37.9 Å². The van der Waals surface area contributed by atoms with Crippen LogP contribution >= 0.6 is 11.6 Å². The van der Waals surface area contributed by atoms with Crippen molar-refractivity contribution in [1.82, 2.24) is 0 Å². The summed E-state index contributed by atoms with van der Waals surface area (Å²) in [7, 11) is 1.64. The molecule has 2 aromatic carbocycles. The summed E-state index contributed by atoms with van der Waals surface area (Å²) >= 11 is 5.92. The van der Waals surface area contributed by atoms with Crippen molar-refractivity contribution in [2.24, 2.45) is 0 Å². The number of hydrogen-bond donors (Lipinski definition) is 0. The van der Waals surface area contributed by atoms with Crippen molar-refractivity contribution < 1.29 is 13.9 Å². The van der Waals surface area contributed by atoms with Gasteiger partial charge in [-0.2, -0.15) is 0 Å². The van der Waals surface area contributed by atoms with Gasteiger partial charge in [0.15, 0.2) is 0 Å².